The second kappa shape index (κ2) is 6.29. The van der Waals surface area contributed by atoms with E-state index in [1.54, 1.807) is 16.8 Å². The third kappa shape index (κ3) is 3.03. The maximum Gasteiger partial charge on any atom is 0.223 e. The van der Waals surface area contributed by atoms with E-state index in [2.05, 4.69) is 10.3 Å². The van der Waals surface area contributed by atoms with Crippen molar-refractivity contribution in [1.29, 1.82) is 0 Å². The van der Waals surface area contributed by atoms with Gasteiger partial charge in [-0.2, -0.15) is 0 Å². The number of anilines is 1. The summed E-state index contributed by atoms with van der Waals surface area (Å²) in [5, 5.41) is 3.00. The molecule has 0 radical (unpaired) electrons. The fourth-order valence-electron chi connectivity index (χ4n) is 4.00. The Bertz CT molecular complexity index is 942. The van der Waals surface area contributed by atoms with Crippen molar-refractivity contribution < 1.29 is 17.6 Å². The number of nitrogens with one attached hydrogen (secondary N) is 1. The van der Waals surface area contributed by atoms with Gasteiger partial charge in [0.05, 0.1) is 42.4 Å². The number of ether oxygens (including phenoxy) is 1. The molecule has 1 saturated carbocycles. The molecule has 5 rings (SSSR count). The molecule has 1 atom stereocenters. The minimum atomic E-state index is -3.19. The average molecular weight is 390 g/mol. The lowest BCUT2D eigenvalue weighted by Crippen LogP contribution is -2.42. The van der Waals surface area contributed by atoms with Crippen molar-refractivity contribution in [2.24, 2.45) is 0 Å². The van der Waals surface area contributed by atoms with Crippen LogP contribution in [0.2, 0.25) is 0 Å². The maximum absolute atomic E-state index is 12.7. The van der Waals surface area contributed by atoms with E-state index in [1.807, 2.05) is 12.1 Å². The Hall–Kier alpha value is -1.97. The van der Waals surface area contributed by atoms with Crippen LogP contribution in [0, 0.1) is 0 Å². The Morgan fingerprint density at radius 3 is 3.04 bits per heavy atom. The summed E-state index contributed by atoms with van der Waals surface area (Å²) in [7, 11) is -3.19. The molecule has 8 nitrogen and oxygen atoms in total. The number of hydrogen-bond donors (Lipinski definition) is 1. The summed E-state index contributed by atoms with van der Waals surface area (Å²) in [6.07, 6.45) is 5.70. The SMILES string of the molecule is O=S(=O)(C1CC1)N1CCC2(COCc3cnc(NCc4ccco4)nc32)C1. The highest BCUT2D eigenvalue weighted by Crippen LogP contribution is 2.42. The van der Waals surface area contributed by atoms with Crippen LogP contribution in [0.3, 0.4) is 0 Å². The summed E-state index contributed by atoms with van der Waals surface area (Å²) in [5.74, 6) is 1.33. The quantitative estimate of drug-likeness (QED) is 0.829. The van der Waals surface area contributed by atoms with Gasteiger partial charge in [-0.1, -0.05) is 0 Å². The van der Waals surface area contributed by atoms with Crippen LogP contribution in [0.25, 0.3) is 0 Å². The van der Waals surface area contributed by atoms with E-state index >= 15 is 0 Å². The summed E-state index contributed by atoms with van der Waals surface area (Å²) < 4.78 is 38.1. The molecule has 2 aromatic rings. The van der Waals surface area contributed by atoms with Crippen molar-refractivity contribution in [2.75, 3.05) is 25.0 Å². The van der Waals surface area contributed by atoms with Gasteiger partial charge in [-0.15, -0.1) is 0 Å². The Kier molecular flexibility index (Phi) is 3.99. The van der Waals surface area contributed by atoms with Crippen LogP contribution in [0.1, 0.15) is 36.3 Å². The molecule has 1 spiro atoms. The fourth-order valence-corrected chi connectivity index (χ4v) is 5.93. The molecule has 0 amide bonds. The second-order valence-corrected chi connectivity index (χ2v) is 9.81. The Morgan fingerprint density at radius 1 is 1.37 bits per heavy atom. The minimum Gasteiger partial charge on any atom is -0.467 e. The number of sulfonamides is 1. The number of aromatic nitrogens is 2. The smallest absolute Gasteiger partial charge is 0.223 e. The average Bonchev–Trinajstić information content (AvgIpc) is 3.25. The predicted octanol–water partition coefficient (Wildman–Crippen LogP) is 1.65. The van der Waals surface area contributed by atoms with E-state index in [4.69, 9.17) is 14.1 Å². The number of rotatable bonds is 5. The zero-order valence-electron chi connectivity index (χ0n) is 14.9. The molecule has 2 fully saturated rings. The van der Waals surface area contributed by atoms with Crippen LogP contribution in [-0.4, -0.2) is 47.6 Å². The lowest BCUT2D eigenvalue weighted by Gasteiger charge is -2.34. The molecule has 4 heterocycles. The van der Waals surface area contributed by atoms with Crippen molar-refractivity contribution in [3.63, 3.8) is 0 Å². The van der Waals surface area contributed by atoms with E-state index in [0.717, 1.165) is 36.3 Å². The van der Waals surface area contributed by atoms with Gasteiger partial charge >= 0.3 is 0 Å². The number of fused-ring (bicyclic) bond motifs is 2. The number of furan rings is 1. The maximum atomic E-state index is 12.7. The number of hydrogen-bond acceptors (Lipinski definition) is 7. The predicted molar refractivity (Wildman–Crippen MR) is 97.5 cm³/mol. The lowest BCUT2D eigenvalue weighted by molar-refractivity contribution is 0.0532. The van der Waals surface area contributed by atoms with Crippen LogP contribution < -0.4 is 5.32 Å². The zero-order valence-corrected chi connectivity index (χ0v) is 15.7. The molecule has 3 aliphatic rings. The molecule has 2 aromatic heterocycles. The number of nitrogens with zero attached hydrogens (tertiary/aromatic N) is 3. The van der Waals surface area contributed by atoms with Gasteiger partial charge in [0.15, 0.2) is 0 Å². The van der Waals surface area contributed by atoms with Crippen molar-refractivity contribution in [1.82, 2.24) is 14.3 Å². The van der Waals surface area contributed by atoms with Gasteiger partial charge in [-0.05, 0) is 31.4 Å². The zero-order chi connectivity index (χ0) is 18.5. The van der Waals surface area contributed by atoms with Crippen LogP contribution in [0.15, 0.2) is 29.0 Å². The van der Waals surface area contributed by atoms with Crippen molar-refractivity contribution in [2.45, 2.75) is 43.1 Å². The molecule has 0 aromatic carbocycles. The van der Waals surface area contributed by atoms with E-state index in [9.17, 15) is 8.42 Å². The first kappa shape index (κ1) is 17.2. The summed E-state index contributed by atoms with van der Waals surface area (Å²) >= 11 is 0. The highest BCUT2D eigenvalue weighted by molar-refractivity contribution is 7.90. The largest absolute Gasteiger partial charge is 0.467 e. The molecule has 1 N–H and O–H groups in total. The van der Waals surface area contributed by atoms with Gasteiger partial charge in [0.1, 0.15) is 5.76 Å². The summed E-state index contributed by atoms with van der Waals surface area (Å²) in [6.45, 7) is 2.42. The molecule has 1 unspecified atom stereocenters. The van der Waals surface area contributed by atoms with Crippen molar-refractivity contribution in [3.8, 4) is 0 Å². The standard InChI is InChI=1S/C18H22N4O4S/c23-27(24,15-3-4-15)22-6-5-18(11-22)12-25-10-13-8-19-17(21-16(13)18)20-9-14-2-1-7-26-14/h1-2,7-8,15H,3-6,9-12H2,(H,19,20,21). The molecule has 9 heteroatoms. The van der Waals surface area contributed by atoms with E-state index in [1.165, 1.54) is 0 Å². The van der Waals surface area contributed by atoms with E-state index in [-0.39, 0.29) is 10.7 Å². The topological polar surface area (TPSA) is 97.6 Å². The molecule has 27 heavy (non-hydrogen) atoms. The van der Waals surface area contributed by atoms with Gasteiger partial charge in [0.2, 0.25) is 16.0 Å². The first-order valence-corrected chi connectivity index (χ1v) is 10.8. The van der Waals surface area contributed by atoms with Crippen molar-refractivity contribution in [3.05, 3.63) is 41.6 Å². The van der Waals surface area contributed by atoms with Gasteiger partial charge in [0, 0.05) is 24.8 Å². The molecule has 1 aliphatic carbocycles. The second-order valence-electron chi connectivity index (χ2n) is 7.60. The normalized spacial score (nSPS) is 25.6. The molecule has 1 saturated heterocycles. The Labute approximate surface area is 158 Å². The van der Waals surface area contributed by atoms with Crippen LogP contribution in [0.5, 0.6) is 0 Å². The monoisotopic (exact) mass is 390 g/mol. The molecular weight excluding hydrogens is 368 g/mol. The third-order valence-electron chi connectivity index (χ3n) is 5.63. The van der Waals surface area contributed by atoms with Crippen LogP contribution >= 0.6 is 0 Å². The first-order valence-electron chi connectivity index (χ1n) is 9.26. The van der Waals surface area contributed by atoms with Gasteiger partial charge in [0.25, 0.3) is 0 Å². The summed E-state index contributed by atoms with van der Waals surface area (Å²) in [6, 6.07) is 3.73. The van der Waals surface area contributed by atoms with Crippen LogP contribution in [0.4, 0.5) is 5.95 Å². The van der Waals surface area contributed by atoms with Gasteiger partial charge < -0.3 is 14.5 Å². The van der Waals surface area contributed by atoms with Crippen LogP contribution in [-0.2, 0) is 33.3 Å². The molecule has 0 bridgehead atoms. The summed E-state index contributed by atoms with van der Waals surface area (Å²) in [5.41, 5.74) is 1.47. The fraction of sp³-hybridized carbons (Fsp3) is 0.556. The lowest BCUT2D eigenvalue weighted by atomic mass is 9.81. The molecule has 2 aliphatic heterocycles. The van der Waals surface area contributed by atoms with Crippen molar-refractivity contribution >= 4 is 16.0 Å². The Balaban J connectivity index is 1.40. The highest BCUT2D eigenvalue weighted by Gasteiger charge is 2.51. The molecule has 144 valence electrons. The van der Waals surface area contributed by atoms with Gasteiger partial charge in [-0.25, -0.2) is 22.7 Å². The van der Waals surface area contributed by atoms with E-state index < -0.39 is 10.0 Å². The Morgan fingerprint density at radius 2 is 2.26 bits per heavy atom. The first-order chi connectivity index (χ1) is 13.1. The minimum absolute atomic E-state index is 0.187. The highest BCUT2D eigenvalue weighted by atomic mass is 32.2. The van der Waals surface area contributed by atoms with Gasteiger partial charge in [-0.3, -0.25) is 0 Å². The third-order valence-corrected chi connectivity index (χ3v) is 7.97. The molecular formula is C18H22N4O4S. The van der Waals surface area contributed by atoms with E-state index in [0.29, 0.717) is 38.8 Å². The summed E-state index contributed by atoms with van der Waals surface area (Å²) in [4.78, 5) is 9.14.